The van der Waals surface area contributed by atoms with Crippen molar-refractivity contribution in [3.05, 3.63) is 108 Å². The molecule has 0 aliphatic carbocycles. The van der Waals surface area contributed by atoms with Gasteiger partial charge in [0.25, 0.3) is 0 Å². The lowest BCUT2D eigenvalue weighted by atomic mass is 10.0. The van der Waals surface area contributed by atoms with Gasteiger partial charge in [-0.3, -0.25) is 5.32 Å². The molecule has 0 fully saturated rings. The number of ether oxygens (including phenoxy) is 1. The number of benzene rings is 4. The van der Waals surface area contributed by atoms with Crippen LogP contribution in [-0.2, 0) is 6.42 Å². The van der Waals surface area contributed by atoms with Crippen molar-refractivity contribution in [3.63, 3.8) is 0 Å². The zero-order valence-corrected chi connectivity index (χ0v) is 14.8. The van der Waals surface area contributed by atoms with Gasteiger partial charge in [0.1, 0.15) is 5.75 Å². The Bertz CT molecular complexity index is 1070. The molecule has 3 heteroatoms. The van der Waals surface area contributed by atoms with Crippen molar-refractivity contribution < 1.29 is 9.53 Å². The number of rotatable bonds is 4. The highest BCUT2D eigenvalue weighted by molar-refractivity contribution is 6.00. The van der Waals surface area contributed by atoms with Crippen LogP contribution in [0.2, 0.25) is 0 Å². The zero-order chi connectivity index (χ0) is 18.5. The van der Waals surface area contributed by atoms with Crippen molar-refractivity contribution in [1.82, 2.24) is 0 Å². The van der Waals surface area contributed by atoms with Crippen LogP contribution in [-0.4, -0.2) is 6.09 Å². The van der Waals surface area contributed by atoms with Crippen molar-refractivity contribution in [2.45, 2.75) is 6.42 Å². The van der Waals surface area contributed by atoms with E-state index in [-0.39, 0.29) is 0 Å². The predicted molar refractivity (Wildman–Crippen MR) is 109 cm³/mol. The highest BCUT2D eigenvalue weighted by atomic mass is 16.6. The van der Waals surface area contributed by atoms with E-state index in [4.69, 9.17) is 4.74 Å². The summed E-state index contributed by atoms with van der Waals surface area (Å²) in [6.45, 7) is 0. The monoisotopic (exact) mass is 353 g/mol. The minimum atomic E-state index is -0.494. The van der Waals surface area contributed by atoms with E-state index in [2.05, 4.69) is 17.4 Å². The summed E-state index contributed by atoms with van der Waals surface area (Å²) in [4.78, 5) is 12.5. The molecule has 0 atom stereocenters. The Balaban J connectivity index is 1.53. The van der Waals surface area contributed by atoms with Crippen LogP contribution in [0.3, 0.4) is 0 Å². The average molecular weight is 353 g/mol. The van der Waals surface area contributed by atoms with Crippen molar-refractivity contribution in [3.8, 4) is 5.75 Å². The lowest BCUT2D eigenvalue weighted by molar-refractivity contribution is 0.215. The summed E-state index contributed by atoms with van der Waals surface area (Å²) in [5, 5.41) is 4.91. The second kappa shape index (κ2) is 7.75. The molecule has 132 valence electrons. The lowest BCUT2D eigenvalue weighted by Crippen LogP contribution is -2.17. The van der Waals surface area contributed by atoms with Gasteiger partial charge < -0.3 is 4.74 Å². The third-order valence-electron chi connectivity index (χ3n) is 4.44. The second-order valence-electron chi connectivity index (χ2n) is 6.31. The summed E-state index contributed by atoms with van der Waals surface area (Å²) in [6.07, 6.45) is 0.213. The van der Waals surface area contributed by atoms with Crippen LogP contribution in [0.1, 0.15) is 11.1 Å². The van der Waals surface area contributed by atoms with Crippen molar-refractivity contribution in [2.75, 3.05) is 5.32 Å². The molecule has 3 nitrogen and oxygen atoms in total. The molecule has 0 aromatic heterocycles. The first-order chi connectivity index (χ1) is 13.3. The van der Waals surface area contributed by atoms with Crippen LogP contribution < -0.4 is 10.1 Å². The fourth-order valence-electron chi connectivity index (χ4n) is 3.13. The van der Waals surface area contributed by atoms with Crippen LogP contribution in [0.4, 0.5) is 10.5 Å². The summed E-state index contributed by atoms with van der Waals surface area (Å²) in [7, 11) is 0. The van der Waals surface area contributed by atoms with Crippen LogP contribution in [0.5, 0.6) is 5.75 Å². The Morgan fingerprint density at radius 3 is 2.33 bits per heavy atom. The predicted octanol–water partition coefficient (Wildman–Crippen LogP) is 6.04. The third-order valence-corrected chi connectivity index (χ3v) is 4.44. The molecule has 27 heavy (non-hydrogen) atoms. The van der Waals surface area contributed by atoms with Gasteiger partial charge in [0.15, 0.2) is 0 Å². The van der Waals surface area contributed by atoms with Gasteiger partial charge in [-0.05, 0) is 28.6 Å². The maximum absolute atomic E-state index is 12.5. The molecule has 0 aliphatic heterocycles. The van der Waals surface area contributed by atoms with Gasteiger partial charge in [-0.2, -0.15) is 0 Å². The molecular weight excluding hydrogens is 334 g/mol. The third kappa shape index (κ3) is 3.98. The second-order valence-corrected chi connectivity index (χ2v) is 6.31. The summed E-state index contributed by atoms with van der Waals surface area (Å²) < 4.78 is 5.62. The molecule has 0 aliphatic rings. The van der Waals surface area contributed by atoms with Crippen molar-refractivity contribution >= 4 is 22.6 Å². The van der Waals surface area contributed by atoms with E-state index in [1.165, 1.54) is 5.56 Å². The number of para-hydroxylation sites is 1. The van der Waals surface area contributed by atoms with Crippen LogP contribution >= 0.6 is 0 Å². The first kappa shape index (κ1) is 16.9. The van der Waals surface area contributed by atoms with E-state index < -0.39 is 6.09 Å². The first-order valence-electron chi connectivity index (χ1n) is 8.88. The van der Waals surface area contributed by atoms with Crippen molar-refractivity contribution in [2.24, 2.45) is 0 Å². The number of fused-ring (bicyclic) bond motifs is 1. The number of amides is 1. The standard InChI is InChI=1S/C24H19NO2/c26-24(25-22-15-8-13-19-11-4-6-14-21(19)22)27-23-16-7-5-12-20(23)17-18-9-2-1-3-10-18/h1-16H,17H2,(H,25,26). The van der Waals surface area contributed by atoms with Gasteiger partial charge in [-0.15, -0.1) is 0 Å². The van der Waals surface area contributed by atoms with E-state index >= 15 is 0 Å². The largest absolute Gasteiger partial charge is 0.417 e. The summed E-state index contributed by atoms with van der Waals surface area (Å²) in [5.74, 6) is 0.569. The minimum absolute atomic E-state index is 0.494. The number of carbonyl (C=O) groups is 1. The molecule has 0 saturated carbocycles. The Hall–Kier alpha value is -3.59. The molecule has 0 unspecified atom stereocenters. The van der Waals surface area contributed by atoms with Crippen LogP contribution in [0, 0.1) is 0 Å². The van der Waals surface area contributed by atoms with E-state index in [0.717, 1.165) is 22.0 Å². The quantitative estimate of drug-likeness (QED) is 0.485. The first-order valence-corrected chi connectivity index (χ1v) is 8.88. The highest BCUT2D eigenvalue weighted by Crippen LogP contribution is 2.25. The van der Waals surface area contributed by atoms with E-state index in [1.807, 2.05) is 84.9 Å². The Morgan fingerprint density at radius 1 is 0.741 bits per heavy atom. The summed E-state index contributed by atoms with van der Waals surface area (Å²) in [5.41, 5.74) is 2.87. The summed E-state index contributed by atoms with van der Waals surface area (Å²) >= 11 is 0. The molecule has 0 saturated heterocycles. The minimum Gasteiger partial charge on any atom is -0.410 e. The number of carbonyl (C=O) groups excluding carboxylic acids is 1. The number of hydrogen-bond acceptors (Lipinski definition) is 2. The molecule has 4 rings (SSSR count). The van der Waals surface area contributed by atoms with E-state index in [1.54, 1.807) is 0 Å². The van der Waals surface area contributed by atoms with Gasteiger partial charge >= 0.3 is 6.09 Å². The molecular formula is C24H19NO2. The average Bonchev–Trinajstić information content (AvgIpc) is 2.71. The van der Waals surface area contributed by atoms with Gasteiger partial charge in [-0.1, -0.05) is 84.9 Å². The molecule has 0 bridgehead atoms. The van der Waals surface area contributed by atoms with Gasteiger partial charge in [0, 0.05) is 11.8 Å². The smallest absolute Gasteiger partial charge is 0.410 e. The van der Waals surface area contributed by atoms with Gasteiger partial charge in [-0.25, -0.2) is 4.79 Å². The zero-order valence-electron chi connectivity index (χ0n) is 14.8. The molecule has 4 aromatic carbocycles. The summed E-state index contributed by atoms with van der Waals surface area (Å²) in [6, 6.07) is 31.5. The van der Waals surface area contributed by atoms with E-state index in [0.29, 0.717) is 12.2 Å². The Kier molecular flexibility index (Phi) is 4.84. The SMILES string of the molecule is O=C(Nc1cccc2ccccc12)Oc1ccccc1Cc1ccccc1. The molecule has 1 amide bonds. The van der Waals surface area contributed by atoms with Gasteiger partial charge in [0.05, 0.1) is 5.69 Å². The topological polar surface area (TPSA) is 38.3 Å². The lowest BCUT2D eigenvalue weighted by Gasteiger charge is -2.12. The molecule has 0 radical (unpaired) electrons. The normalized spacial score (nSPS) is 10.5. The molecule has 0 heterocycles. The fraction of sp³-hybridized carbons (Fsp3) is 0.0417. The molecule has 0 spiro atoms. The molecule has 4 aromatic rings. The highest BCUT2D eigenvalue weighted by Gasteiger charge is 2.11. The van der Waals surface area contributed by atoms with Crippen molar-refractivity contribution in [1.29, 1.82) is 0 Å². The van der Waals surface area contributed by atoms with Crippen LogP contribution in [0.15, 0.2) is 97.1 Å². The number of anilines is 1. The number of nitrogens with one attached hydrogen (secondary N) is 1. The fourth-order valence-corrected chi connectivity index (χ4v) is 3.13. The van der Waals surface area contributed by atoms with E-state index in [9.17, 15) is 4.79 Å². The van der Waals surface area contributed by atoms with Gasteiger partial charge in [0.2, 0.25) is 0 Å². The maximum Gasteiger partial charge on any atom is 0.417 e. The maximum atomic E-state index is 12.5. The number of hydrogen-bond donors (Lipinski definition) is 1. The Morgan fingerprint density at radius 2 is 1.44 bits per heavy atom. The Labute approximate surface area is 158 Å². The molecule has 1 N–H and O–H groups in total. The van der Waals surface area contributed by atoms with Crippen LogP contribution in [0.25, 0.3) is 10.8 Å².